The highest BCUT2D eigenvalue weighted by molar-refractivity contribution is 5.90. The Morgan fingerprint density at radius 1 is 1.38 bits per heavy atom. The van der Waals surface area contributed by atoms with Crippen LogP contribution >= 0.6 is 0 Å². The highest BCUT2D eigenvalue weighted by atomic mass is 19.1. The molecule has 1 aromatic heterocycles. The number of hydrogen-bond donors (Lipinski definition) is 0. The molecule has 0 aliphatic heterocycles. The number of halogens is 1. The molecule has 0 amide bonds. The van der Waals surface area contributed by atoms with Gasteiger partial charge in [-0.05, 0) is 18.9 Å². The minimum Gasteiger partial charge on any atom is -0.494 e. The van der Waals surface area contributed by atoms with Gasteiger partial charge in [-0.3, -0.25) is 0 Å². The van der Waals surface area contributed by atoms with Crippen molar-refractivity contribution in [2.45, 2.75) is 18.8 Å². The molecule has 1 heterocycles. The van der Waals surface area contributed by atoms with Crippen molar-refractivity contribution in [3.05, 3.63) is 41.7 Å². The lowest BCUT2D eigenvalue weighted by Gasteiger charge is -2.11. The van der Waals surface area contributed by atoms with E-state index in [9.17, 15) is 9.18 Å². The maximum absolute atomic E-state index is 13.9. The Kier molecular flexibility index (Phi) is 3.37. The first-order valence-corrected chi connectivity index (χ1v) is 6.64. The van der Waals surface area contributed by atoms with Gasteiger partial charge in [0.2, 0.25) is 0 Å². The number of benzene rings is 1. The third-order valence-corrected chi connectivity index (χ3v) is 3.55. The van der Waals surface area contributed by atoms with Gasteiger partial charge in [0.15, 0.2) is 0 Å². The summed E-state index contributed by atoms with van der Waals surface area (Å²) in [7, 11) is 2.67. The molecule has 1 aromatic carbocycles. The van der Waals surface area contributed by atoms with E-state index in [-0.39, 0.29) is 5.56 Å². The molecule has 6 heteroatoms. The smallest absolute Gasteiger partial charge is 0.340 e. The van der Waals surface area contributed by atoms with Crippen LogP contribution in [0.4, 0.5) is 4.39 Å². The summed E-state index contributed by atoms with van der Waals surface area (Å²) in [6.07, 6.45) is 5.81. The third kappa shape index (κ3) is 2.49. The molecular weight excluding hydrogens is 275 g/mol. The summed E-state index contributed by atoms with van der Waals surface area (Å²) in [5.74, 6) is -0.554. The van der Waals surface area contributed by atoms with Crippen molar-refractivity contribution in [1.82, 2.24) is 9.55 Å². The Bertz CT molecular complexity index is 692. The average molecular weight is 290 g/mol. The molecule has 0 radical (unpaired) electrons. The number of ether oxygens (including phenoxy) is 2. The van der Waals surface area contributed by atoms with Crippen LogP contribution in [0.25, 0.3) is 5.69 Å². The summed E-state index contributed by atoms with van der Waals surface area (Å²) in [4.78, 5) is 16.0. The zero-order valence-electron chi connectivity index (χ0n) is 11.8. The molecule has 110 valence electrons. The van der Waals surface area contributed by atoms with Gasteiger partial charge in [0, 0.05) is 18.2 Å². The molecule has 1 saturated carbocycles. The lowest BCUT2D eigenvalue weighted by atomic mass is 10.1. The van der Waals surface area contributed by atoms with Gasteiger partial charge >= 0.3 is 5.97 Å². The minimum absolute atomic E-state index is 0.130. The summed E-state index contributed by atoms with van der Waals surface area (Å²) in [6, 6.07) is 2.59. The van der Waals surface area contributed by atoms with Crippen molar-refractivity contribution in [2.24, 2.45) is 0 Å². The Balaban J connectivity index is 2.07. The maximum Gasteiger partial charge on any atom is 0.340 e. The predicted octanol–water partition coefficient (Wildman–Crippen LogP) is 2.68. The maximum atomic E-state index is 13.9. The summed E-state index contributed by atoms with van der Waals surface area (Å²) in [5, 5.41) is 0. The summed E-state index contributed by atoms with van der Waals surface area (Å²) < 4.78 is 25.4. The van der Waals surface area contributed by atoms with Crippen LogP contribution < -0.4 is 4.74 Å². The van der Waals surface area contributed by atoms with E-state index in [4.69, 9.17) is 4.74 Å². The van der Waals surface area contributed by atoms with E-state index in [0.29, 0.717) is 17.4 Å². The van der Waals surface area contributed by atoms with Crippen LogP contribution in [-0.4, -0.2) is 29.7 Å². The number of methoxy groups -OCH3 is 2. The quantitative estimate of drug-likeness (QED) is 0.812. The van der Waals surface area contributed by atoms with Crippen LogP contribution in [-0.2, 0) is 4.74 Å². The van der Waals surface area contributed by atoms with E-state index < -0.39 is 11.8 Å². The second-order valence-electron chi connectivity index (χ2n) is 4.98. The number of imidazole rings is 1. The molecule has 0 N–H and O–H groups in total. The number of rotatable bonds is 4. The van der Waals surface area contributed by atoms with Crippen LogP contribution in [0.5, 0.6) is 5.75 Å². The molecule has 21 heavy (non-hydrogen) atoms. The summed E-state index contributed by atoms with van der Waals surface area (Å²) in [6.45, 7) is 0. The van der Waals surface area contributed by atoms with E-state index in [0.717, 1.165) is 18.5 Å². The Morgan fingerprint density at radius 3 is 2.76 bits per heavy atom. The van der Waals surface area contributed by atoms with Crippen molar-refractivity contribution < 1.29 is 18.7 Å². The van der Waals surface area contributed by atoms with Crippen molar-refractivity contribution in [3.8, 4) is 11.4 Å². The molecule has 1 aliphatic rings. The van der Waals surface area contributed by atoms with Crippen LogP contribution in [0.2, 0.25) is 0 Å². The number of carbonyl (C=O) groups excluding carboxylic acids is 1. The molecule has 0 unspecified atom stereocenters. The molecule has 1 aliphatic carbocycles. The average Bonchev–Trinajstić information content (AvgIpc) is 3.24. The monoisotopic (exact) mass is 290 g/mol. The van der Waals surface area contributed by atoms with Gasteiger partial charge in [-0.25, -0.2) is 14.2 Å². The zero-order chi connectivity index (χ0) is 15.0. The van der Waals surface area contributed by atoms with Crippen LogP contribution in [0, 0.1) is 5.82 Å². The number of carbonyl (C=O) groups is 1. The first kappa shape index (κ1) is 13.6. The second kappa shape index (κ2) is 5.20. The Hall–Kier alpha value is -2.37. The SMILES string of the molecule is COC(=O)c1cc(-n2cnc(C3CC3)c2)c(OC)cc1F. The van der Waals surface area contributed by atoms with Crippen LogP contribution in [0.1, 0.15) is 34.8 Å². The predicted molar refractivity (Wildman–Crippen MR) is 73.4 cm³/mol. The fourth-order valence-corrected chi connectivity index (χ4v) is 2.23. The van der Waals surface area contributed by atoms with Gasteiger partial charge in [0.25, 0.3) is 0 Å². The molecule has 0 saturated heterocycles. The number of aromatic nitrogens is 2. The van der Waals surface area contributed by atoms with Gasteiger partial charge in [0.05, 0.1) is 37.5 Å². The fourth-order valence-electron chi connectivity index (χ4n) is 2.23. The van der Waals surface area contributed by atoms with Crippen LogP contribution in [0.3, 0.4) is 0 Å². The van der Waals surface area contributed by atoms with Gasteiger partial charge in [0.1, 0.15) is 11.6 Å². The normalized spacial score (nSPS) is 14.0. The highest BCUT2D eigenvalue weighted by Gasteiger charge is 2.26. The van der Waals surface area contributed by atoms with E-state index >= 15 is 0 Å². The van der Waals surface area contributed by atoms with E-state index in [1.807, 2.05) is 6.20 Å². The molecule has 2 aromatic rings. The van der Waals surface area contributed by atoms with Gasteiger partial charge < -0.3 is 14.0 Å². The van der Waals surface area contributed by atoms with Gasteiger partial charge in [-0.1, -0.05) is 0 Å². The standard InChI is InChI=1S/C15H15FN2O3/c1-20-14-6-11(16)10(15(19)21-2)5-13(14)18-7-12(17-8-18)9-3-4-9/h5-9H,3-4H2,1-2H3. The van der Waals surface area contributed by atoms with E-state index in [2.05, 4.69) is 9.72 Å². The number of hydrogen-bond acceptors (Lipinski definition) is 4. The first-order chi connectivity index (χ1) is 10.1. The molecule has 0 atom stereocenters. The third-order valence-electron chi connectivity index (χ3n) is 3.55. The first-order valence-electron chi connectivity index (χ1n) is 6.64. The second-order valence-corrected chi connectivity index (χ2v) is 4.98. The van der Waals surface area contributed by atoms with Crippen molar-refractivity contribution in [1.29, 1.82) is 0 Å². The molecular formula is C15H15FN2O3. The van der Waals surface area contributed by atoms with Gasteiger partial charge in [-0.15, -0.1) is 0 Å². The molecule has 3 rings (SSSR count). The zero-order valence-corrected chi connectivity index (χ0v) is 11.8. The van der Waals surface area contributed by atoms with Crippen molar-refractivity contribution >= 4 is 5.97 Å². The van der Waals surface area contributed by atoms with Crippen molar-refractivity contribution in [2.75, 3.05) is 14.2 Å². The highest BCUT2D eigenvalue weighted by Crippen LogP contribution is 2.39. The lowest BCUT2D eigenvalue weighted by Crippen LogP contribution is -2.07. The molecule has 0 spiro atoms. The number of nitrogens with zero attached hydrogens (tertiary/aromatic N) is 2. The number of esters is 1. The van der Waals surface area contributed by atoms with Crippen molar-refractivity contribution in [3.63, 3.8) is 0 Å². The molecule has 5 nitrogen and oxygen atoms in total. The van der Waals surface area contributed by atoms with Gasteiger partial charge in [-0.2, -0.15) is 0 Å². The minimum atomic E-state index is -0.723. The van der Waals surface area contributed by atoms with E-state index in [1.54, 1.807) is 10.9 Å². The largest absolute Gasteiger partial charge is 0.494 e. The Morgan fingerprint density at radius 2 is 2.14 bits per heavy atom. The summed E-state index contributed by atoms with van der Waals surface area (Å²) >= 11 is 0. The van der Waals surface area contributed by atoms with E-state index in [1.165, 1.54) is 26.4 Å². The Labute approximate surface area is 121 Å². The molecule has 1 fully saturated rings. The lowest BCUT2D eigenvalue weighted by molar-refractivity contribution is 0.0595. The van der Waals surface area contributed by atoms with Crippen LogP contribution in [0.15, 0.2) is 24.7 Å². The fraction of sp³-hybridized carbons (Fsp3) is 0.333. The summed E-state index contributed by atoms with van der Waals surface area (Å²) in [5.41, 5.74) is 1.43. The molecule has 0 bridgehead atoms. The topological polar surface area (TPSA) is 53.4 Å².